The fourth-order valence-electron chi connectivity index (χ4n) is 2.18. The van der Waals surface area contributed by atoms with E-state index in [1.807, 2.05) is 6.07 Å². The zero-order valence-electron chi connectivity index (χ0n) is 10.8. The van der Waals surface area contributed by atoms with Gasteiger partial charge in [0.1, 0.15) is 0 Å². The fourth-order valence-corrected chi connectivity index (χ4v) is 4.21. The Labute approximate surface area is 127 Å². The van der Waals surface area contributed by atoms with Gasteiger partial charge in [-0.25, -0.2) is 8.42 Å². The maximum atomic E-state index is 12.8. The molecule has 106 valence electrons. The van der Waals surface area contributed by atoms with Gasteiger partial charge in [0.05, 0.1) is 14.8 Å². The molecule has 0 saturated heterocycles. The number of nitrogens with two attached hydrogens (primary N) is 1. The number of nitrogen functional groups attached to an aromatic ring is 1. The highest BCUT2D eigenvalue weighted by Gasteiger charge is 2.22. The molecule has 0 unspecified atom stereocenters. The zero-order valence-corrected chi connectivity index (χ0v) is 12.4. The van der Waals surface area contributed by atoms with Gasteiger partial charge in [0.15, 0.2) is 0 Å². The normalized spacial score (nSPS) is 11.7. The average molecular weight is 319 g/mol. The summed E-state index contributed by atoms with van der Waals surface area (Å²) in [4.78, 5) is 4.25. The molecule has 0 amide bonds. The maximum absolute atomic E-state index is 12.8. The number of rotatable bonds is 2. The van der Waals surface area contributed by atoms with E-state index in [9.17, 15) is 8.42 Å². The number of hydrogen-bond donors (Lipinski definition) is 1. The lowest BCUT2D eigenvalue weighted by atomic mass is 10.2. The van der Waals surface area contributed by atoms with Crippen LogP contribution < -0.4 is 5.73 Å². The van der Waals surface area contributed by atoms with Crippen molar-refractivity contribution in [3.05, 3.63) is 59.9 Å². The summed E-state index contributed by atoms with van der Waals surface area (Å²) < 4.78 is 25.7. The van der Waals surface area contributed by atoms with E-state index in [1.165, 1.54) is 18.2 Å². The third-order valence-corrected chi connectivity index (χ3v) is 5.47. The second kappa shape index (κ2) is 5.02. The topological polar surface area (TPSA) is 73.1 Å². The zero-order chi connectivity index (χ0) is 15.0. The summed E-state index contributed by atoms with van der Waals surface area (Å²) in [5.74, 6) is 0. The molecule has 2 N–H and O–H groups in total. The van der Waals surface area contributed by atoms with E-state index >= 15 is 0 Å². The lowest BCUT2D eigenvalue weighted by Crippen LogP contribution is -2.04. The first-order valence-electron chi connectivity index (χ1n) is 6.13. The molecule has 0 bridgehead atoms. The molecule has 6 heteroatoms. The van der Waals surface area contributed by atoms with Gasteiger partial charge in [-0.05, 0) is 30.3 Å². The number of pyridine rings is 1. The summed E-state index contributed by atoms with van der Waals surface area (Å²) in [7, 11) is -3.73. The second-order valence-electron chi connectivity index (χ2n) is 4.55. The summed E-state index contributed by atoms with van der Waals surface area (Å²) >= 11 is 6.04. The van der Waals surface area contributed by atoms with E-state index in [2.05, 4.69) is 4.98 Å². The minimum atomic E-state index is -3.73. The SMILES string of the molecule is Nc1ccc(S(=O)(=O)c2cccc3cnccc23)c(Cl)c1. The molecule has 0 radical (unpaired) electrons. The largest absolute Gasteiger partial charge is 0.399 e. The van der Waals surface area contributed by atoms with Crippen molar-refractivity contribution in [1.82, 2.24) is 4.98 Å². The van der Waals surface area contributed by atoms with Crippen molar-refractivity contribution in [3.8, 4) is 0 Å². The van der Waals surface area contributed by atoms with Crippen molar-refractivity contribution >= 4 is 37.9 Å². The average Bonchev–Trinajstić information content (AvgIpc) is 2.46. The van der Waals surface area contributed by atoms with Crippen LogP contribution in [0.4, 0.5) is 5.69 Å². The standard InChI is InChI=1S/C15H11ClN2O2S/c16-13-8-11(17)4-5-15(13)21(19,20)14-3-1-2-10-9-18-7-6-12(10)14/h1-9H,17H2. The molecule has 21 heavy (non-hydrogen) atoms. The number of aromatic nitrogens is 1. The molecule has 0 spiro atoms. The highest BCUT2D eigenvalue weighted by molar-refractivity contribution is 7.91. The molecule has 0 atom stereocenters. The van der Waals surface area contributed by atoms with Crippen molar-refractivity contribution in [2.75, 3.05) is 5.73 Å². The minimum absolute atomic E-state index is 0.0441. The third-order valence-electron chi connectivity index (χ3n) is 3.18. The quantitative estimate of drug-likeness (QED) is 0.736. The smallest absolute Gasteiger partial charge is 0.208 e. The van der Waals surface area contributed by atoms with E-state index in [4.69, 9.17) is 17.3 Å². The van der Waals surface area contributed by atoms with Crippen molar-refractivity contribution in [3.63, 3.8) is 0 Å². The van der Waals surface area contributed by atoms with Crippen LogP contribution in [-0.4, -0.2) is 13.4 Å². The number of anilines is 1. The van der Waals surface area contributed by atoms with Crippen LogP contribution in [0.25, 0.3) is 10.8 Å². The Hall–Kier alpha value is -2.11. The summed E-state index contributed by atoms with van der Waals surface area (Å²) in [5.41, 5.74) is 6.03. The molecule has 0 fully saturated rings. The third kappa shape index (κ3) is 2.34. The van der Waals surface area contributed by atoms with Crippen LogP contribution >= 0.6 is 11.6 Å². The van der Waals surface area contributed by atoms with Crippen LogP contribution in [0.3, 0.4) is 0 Å². The molecular formula is C15H11ClN2O2S. The van der Waals surface area contributed by atoms with Crippen LogP contribution in [-0.2, 0) is 9.84 Å². The van der Waals surface area contributed by atoms with Gasteiger partial charge < -0.3 is 5.73 Å². The van der Waals surface area contributed by atoms with Crippen molar-refractivity contribution in [2.45, 2.75) is 9.79 Å². The molecule has 3 rings (SSSR count). The van der Waals surface area contributed by atoms with Crippen LogP contribution in [0.1, 0.15) is 0 Å². The van der Waals surface area contributed by atoms with Gasteiger partial charge in [0.2, 0.25) is 9.84 Å². The molecular weight excluding hydrogens is 308 g/mol. The van der Waals surface area contributed by atoms with Crippen molar-refractivity contribution in [1.29, 1.82) is 0 Å². The highest BCUT2D eigenvalue weighted by Crippen LogP contribution is 2.32. The van der Waals surface area contributed by atoms with Crippen LogP contribution in [0, 0.1) is 0 Å². The molecule has 1 aromatic heterocycles. The number of benzene rings is 2. The monoisotopic (exact) mass is 318 g/mol. The summed E-state index contributed by atoms with van der Waals surface area (Å²) in [6.07, 6.45) is 3.19. The predicted molar refractivity (Wildman–Crippen MR) is 83.1 cm³/mol. The van der Waals surface area contributed by atoms with Gasteiger partial charge in [-0.1, -0.05) is 23.7 Å². The molecule has 4 nitrogen and oxygen atoms in total. The molecule has 0 aliphatic heterocycles. The Morgan fingerprint density at radius 2 is 1.86 bits per heavy atom. The van der Waals surface area contributed by atoms with E-state index in [1.54, 1.807) is 30.6 Å². The van der Waals surface area contributed by atoms with Gasteiger partial charge in [-0.15, -0.1) is 0 Å². The second-order valence-corrected chi connectivity index (χ2v) is 6.84. The van der Waals surface area contributed by atoms with E-state index in [0.717, 1.165) is 5.39 Å². The minimum Gasteiger partial charge on any atom is -0.399 e. The first-order chi connectivity index (χ1) is 10.00. The number of fused-ring (bicyclic) bond motifs is 1. The molecule has 3 aromatic rings. The number of hydrogen-bond acceptors (Lipinski definition) is 4. The van der Waals surface area contributed by atoms with Crippen molar-refractivity contribution in [2.24, 2.45) is 0 Å². The van der Waals surface area contributed by atoms with Crippen LogP contribution in [0.5, 0.6) is 0 Å². The number of sulfone groups is 1. The number of nitrogens with zero attached hydrogens (tertiary/aromatic N) is 1. The molecule has 0 aliphatic carbocycles. The van der Waals surface area contributed by atoms with Crippen LogP contribution in [0.2, 0.25) is 5.02 Å². The molecule has 2 aromatic carbocycles. The van der Waals surface area contributed by atoms with Gasteiger partial charge >= 0.3 is 0 Å². The molecule has 1 heterocycles. The van der Waals surface area contributed by atoms with E-state index in [-0.39, 0.29) is 14.8 Å². The van der Waals surface area contributed by atoms with Crippen LogP contribution in [0.15, 0.2) is 64.6 Å². The van der Waals surface area contributed by atoms with Crippen molar-refractivity contribution < 1.29 is 8.42 Å². The highest BCUT2D eigenvalue weighted by atomic mass is 35.5. The van der Waals surface area contributed by atoms with Gasteiger partial charge in [-0.3, -0.25) is 4.98 Å². The summed E-state index contributed by atoms with van der Waals surface area (Å²) in [6.45, 7) is 0. The Bertz CT molecular complexity index is 934. The molecule has 0 saturated carbocycles. The predicted octanol–water partition coefficient (Wildman–Crippen LogP) is 3.30. The summed E-state index contributed by atoms with van der Waals surface area (Å²) in [5, 5.41) is 1.48. The first-order valence-corrected chi connectivity index (χ1v) is 7.99. The Kier molecular flexibility index (Phi) is 3.31. The molecule has 0 aliphatic rings. The van der Waals surface area contributed by atoms with Gasteiger partial charge in [-0.2, -0.15) is 0 Å². The summed E-state index contributed by atoms with van der Waals surface area (Å²) in [6, 6.07) is 11.1. The Morgan fingerprint density at radius 3 is 2.62 bits per heavy atom. The van der Waals surface area contributed by atoms with E-state index < -0.39 is 9.84 Å². The Balaban J connectivity index is 2.30. The number of halogens is 1. The van der Waals surface area contributed by atoms with Gasteiger partial charge in [0, 0.05) is 28.9 Å². The first kappa shape index (κ1) is 13.9. The fraction of sp³-hybridized carbons (Fsp3) is 0. The Morgan fingerprint density at radius 1 is 1.05 bits per heavy atom. The lowest BCUT2D eigenvalue weighted by Gasteiger charge is -2.10. The van der Waals surface area contributed by atoms with E-state index in [0.29, 0.717) is 11.1 Å². The lowest BCUT2D eigenvalue weighted by molar-refractivity contribution is 0.597. The van der Waals surface area contributed by atoms with Gasteiger partial charge in [0.25, 0.3) is 0 Å². The maximum Gasteiger partial charge on any atom is 0.208 e.